The number of benzene rings is 8. The van der Waals surface area contributed by atoms with Gasteiger partial charge < -0.3 is 4.90 Å². The third-order valence-electron chi connectivity index (χ3n) is 8.45. The highest BCUT2D eigenvalue weighted by atomic mass is 15.1. The lowest BCUT2D eigenvalue weighted by atomic mass is 9.96. The Balaban J connectivity index is 1.34. The van der Waals surface area contributed by atoms with Crippen molar-refractivity contribution in [1.82, 2.24) is 0 Å². The van der Waals surface area contributed by atoms with Gasteiger partial charge in [-0.1, -0.05) is 146 Å². The van der Waals surface area contributed by atoms with Gasteiger partial charge in [-0.2, -0.15) is 0 Å². The van der Waals surface area contributed by atoms with Crippen LogP contribution >= 0.6 is 0 Å². The summed E-state index contributed by atoms with van der Waals surface area (Å²) in [6.45, 7) is 0. The summed E-state index contributed by atoms with van der Waals surface area (Å²) in [7, 11) is 0. The molecule has 0 aliphatic rings. The van der Waals surface area contributed by atoms with Gasteiger partial charge in [-0.25, -0.2) is 0 Å². The first kappa shape index (κ1) is 25.1. The van der Waals surface area contributed by atoms with Crippen molar-refractivity contribution in [2.24, 2.45) is 0 Å². The quantitative estimate of drug-likeness (QED) is 0.194. The topological polar surface area (TPSA) is 3.24 Å². The Hall–Kier alpha value is -5.66. The summed E-state index contributed by atoms with van der Waals surface area (Å²) < 4.78 is 0. The van der Waals surface area contributed by atoms with Crippen LogP contribution in [0.25, 0.3) is 54.6 Å². The molecule has 0 unspecified atom stereocenters. The molecule has 0 heterocycles. The Morgan fingerprint density at radius 1 is 0.279 bits per heavy atom. The van der Waals surface area contributed by atoms with Crippen molar-refractivity contribution in [1.29, 1.82) is 0 Å². The minimum Gasteiger partial charge on any atom is -0.310 e. The number of nitrogens with zero attached hydrogens (tertiary/aromatic N) is 1. The van der Waals surface area contributed by atoms with E-state index < -0.39 is 0 Å². The van der Waals surface area contributed by atoms with Crippen LogP contribution in [0.3, 0.4) is 0 Å². The van der Waals surface area contributed by atoms with E-state index in [-0.39, 0.29) is 0 Å². The molecule has 0 aromatic heterocycles. The van der Waals surface area contributed by atoms with E-state index in [1.54, 1.807) is 0 Å². The molecule has 0 spiro atoms. The Bertz CT molecular complexity index is 2220. The summed E-state index contributed by atoms with van der Waals surface area (Å²) in [5.41, 5.74) is 8.23. The Labute approximate surface area is 251 Å². The fraction of sp³-hybridized carbons (Fsp3) is 0. The molecule has 0 amide bonds. The van der Waals surface area contributed by atoms with Crippen molar-refractivity contribution >= 4 is 49.4 Å². The predicted octanol–water partition coefficient (Wildman–Crippen LogP) is 11.9. The second-order valence-corrected chi connectivity index (χ2v) is 11.0. The SMILES string of the molecule is c1ccc(-c2ccc(N(c3cccc(-c4ccccc4)c3)c3cccc4c3ccc3c5ccccc5ccc43)cc2)cc1. The molecule has 0 atom stereocenters. The summed E-state index contributed by atoms with van der Waals surface area (Å²) >= 11 is 0. The van der Waals surface area contributed by atoms with Gasteiger partial charge in [-0.3, -0.25) is 0 Å². The van der Waals surface area contributed by atoms with E-state index in [0.29, 0.717) is 0 Å². The van der Waals surface area contributed by atoms with Crippen LogP contribution in [-0.2, 0) is 0 Å². The van der Waals surface area contributed by atoms with Gasteiger partial charge >= 0.3 is 0 Å². The largest absolute Gasteiger partial charge is 0.310 e. The minimum absolute atomic E-state index is 1.12. The lowest BCUT2D eigenvalue weighted by Gasteiger charge is -2.28. The lowest BCUT2D eigenvalue weighted by molar-refractivity contribution is 1.30. The molecule has 1 nitrogen and oxygen atoms in total. The molecule has 0 aliphatic heterocycles. The molecule has 8 rings (SSSR count). The van der Waals surface area contributed by atoms with Crippen molar-refractivity contribution in [2.75, 3.05) is 4.90 Å². The molecule has 8 aromatic rings. The first-order chi connectivity index (χ1) is 21.3. The van der Waals surface area contributed by atoms with Crippen molar-refractivity contribution in [3.8, 4) is 22.3 Å². The molecule has 43 heavy (non-hydrogen) atoms. The predicted molar refractivity (Wildman–Crippen MR) is 185 cm³/mol. The normalized spacial score (nSPS) is 11.3. The number of hydrogen-bond acceptors (Lipinski definition) is 1. The zero-order valence-electron chi connectivity index (χ0n) is 23.7. The average Bonchev–Trinajstić information content (AvgIpc) is 3.09. The van der Waals surface area contributed by atoms with Gasteiger partial charge in [0.1, 0.15) is 0 Å². The van der Waals surface area contributed by atoms with Crippen LogP contribution in [-0.4, -0.2) is 0 Å². The fourth-order valence-electron chi connectivity index (χ4n) is 6.35. The molecule has 1 heteroatoms. The van der Waals surface area contributed by atoms with Crippen molar-refractivity contribution < 1.29 is 0 Å². The summed E-state index contributed by atoms with van der Waals surface area (Å²) in [5.74, 6) is 0. The van der Waals surface area contributed by atoms with Crippen LogP contribution in [0, 0.1) is 0 Å². The maximum Gasteiger partial charge on any atom is 0.0540 e. The molecule has 0 saturated carbocycles. The molecule has 0 N–H and O–H groups in total. The Morgan fingerprint density at radius 3 is 1.60 bits per heavy atom. The summed E-state index contributed by atoms with van der Waals surface area (Å²) in [6.07, 6.45) is 0. The number of hydrogen-bond donors (Lipinski definition) is 0. The third-order valence-corrected chi connectivity index (χ3v) is 8.45. The van der Waals surface area contributed by atoms with Crippen LogP contribution in [0.5, 0.6) is 0 Å². The van der Waals surface area contributed by atoms with E-state index in [1.165, 1.54) is 54.6 Å². The van der Waals surface area contributed by atoms with E-state index >= 15 is 0 Å². The van der Waals surface area contributed by atoms with Crippen LogP contribution < -0.4 is 4.90 Å². The molecule has 0 radical (unpaired) electrons. The molecule has 0 fully saturated rings. The van der Waals surface area contributed by atoms with Crippen LogP contribution in [0.4, 0.5) is 17.1 Å². The van der Waals surface area contributed by atoms with Crippen LogP contribution in [0.15, 0.2) is 176 Å². The first-order valence-electron chi connectivity index (χ1n) is 14.8. The van der Waals surface area contributed by atoms with E-state index in [4.69, 9.17) is 0 Å². The standard InChI is InChI=1S/C42H29N/c1-3-11-30(12-4-1)32-21-24-35(25-22-32)43(36-17-9-16-34(29-36)31-13-5-2-6-14-31)42-20-10-19-38-40-26-23-33-15-7-8-18-37(33)39(40)27-28-41(38)42/h1-29H. The summed E-state index contributed by atoms with van der Waals surface area (Å²) in [5, 5.41) is 7.59. The smallest absolute Gasteiger partial charge is 0.0540 e. The van der Waals surface area contributed by atoms with Gasteiger partial charge in [0.2, 0.25) is 0 Å². The molecular weight excluding hydrogens is 518 g/mol. The summed E-state index contributed by atoms with van der Waals surface area (Å²) in [4.78, 5) is 2.40. The number of anilines is 3. The highest BCUT2D eigenvalue weighted by Crippen LogP contribution is 2.42. The molecule has 8 aromatic carbocycles. The average molecular weight is 548 g/mol. The molecular formula is C42H29N. The van der Waals surface area contributed by atoms with Crippen LogP contribution in [0.2, 0.25) is 0 Å². The van der Waals surface area contributed by atoms with Gasteiger partial charge in [0.25, 0.3) is 0 Å². The fourth-order valence-corrected chi connectivity index (χ4v) is 6.35. The lowest BCUT2D eigenvalue weighted by Crippen LogP contribution is -2.10. The van der Waals surface area contributed by atoms with E-state index in [9.17, 15) is 0 Å². The van der Waals surface area contributed by atoms with Crippen molar-refractivity contribution in [3.05, 3.63) is 176 Å². The van der Waals surface area contributed by atoms with Gasteiger partial charge in [0.15, 0.2) is 0 Å². The van der Waals surface area contributed by atoms with Crippen molar-refractivity contribution in [2.45, 2.75) is 0 Å². The Morgan fingerprint density at radius 2 is 0.814 bits per heavy atom. The van der Waals surface area contributed by atoms with Crippen molar-refractivity contribution in [3.63, 3.8) is 0 Å². The Kier molecular flexibility index (Phi) is 6.20. The first-order valence-corrected chi connectivity index (χ1v) is 14.8. The second-order valence-electron chi connectivity index (χ2n) is 11.0. The zero-order valence-corrected chi connectivity index (χ0v) is 23.7. The van der Waals surface area contributed by atoms with E-state index in [1.807, 2.05) is 0 Å². The molecule has 202 valence electrons. The minimum atomic E-state index is 1.12. The highest BCUT2D eigenvalue weighted by molar-refractivity contribution is 6.19. The van der Waals surface area contributed by atoms with Gasteiger partial charge in [-0.05, 0) is 79.5 Å². The van der Waals surface area contributed by atoms with Gasteiger partial charge in [0.05, 0.1) is 5.69 Å². The highest BCUT2D eigenvalue weighted by Gasteiger charge is 2.17. The zero-order chi connectivity index (χ0) is 28.6. The van der Waals surface area contributed by atoms with E-state index in [2.05, 4.69) is 181 Å². The molecule has 0 aliphatic carbocycles. The molecule has 0 bridgehead atoms. The maximum absolute atomic E-state index is 2.40. The number of fused-ring (bicyclic) bond motifs is 5. The monoisotopic (exact) mass is 547 g/mol. The number of rotatable bonds is 5. The van der Waals surface area contributed by atoms with Gasteiger partial charge in [0, 0.05) is 16.8 Å². The second kappa shape index (κ2) is 10.6. The van der Waals surface area contributed by atoms with Gasteiger partial charge in [-0.15, -0.1) is 0 Å². The summed E-state index contributed by atoms with van der Waals surface area (Å²) in [6, 6.07) is 63.4. The molecule has 0 saturated heterocycles. The van der Waals surface area contributed by atoms with Crippen LogP contribution in [0.1, 0.15) is 0 Å². The third kappa shape index (κ3) is 4.52. The maximum atomic E-state index is 2.40. The van der Waals surface area contributed by atoms with E-state index in [0.717, 1.165) is 17.1 Å².